The summed E-state index contributed by atoms with van der Waals surface area (Å²) in [4.78, 5) is 27.6. The Morgan fingerprint density at radius 1 is 1.07 bits per heavy atom. The molecule has 3 rings (SSSR count). The molecule has 1 saturated carbocycles. The van der Waals surface area contributed by atoms with E-state index >= 15 is 0 Å². The van der Waals surface area contributed by atoms with Gasteiger partial charge in [-0.15, -0.1) is 0 Å². The van der Waals surface area contributed by atoms with E-state index in [1.54, 1.807) is 0 Å². The van der Waals surface area contributed by atoms with Gasteiger partial charge >= 0.3 is 0 Å². The lowest BCUT2D eigenvalue weighted by molar-refractivity contribution is -0.142. The second-order valence-corrected chi connectivity index (χ2v) is 8.37. The Morgan fingerprint density at radius 2 is 1.79 bits per heavy atom. The second-order valence-electron chi connectivity index (χ2n) is 8.37. The first-order chi connectivity index (χ1) is 13.6. The molecule has 1 saturated heterocycles. The van der Waals surface area contributed by atoms with Gasteiger partial charge in [0, 0.05) is 19.0 Å². The Kier molecular flexibility index (Phi) is 7.49. The van der Waals surface area contributed by atoms with Crippen LogP contribution in [0.1, 0.15) is 69.9 Å². The number of rotatable bonds is 7. The van der Waals surface area contributed by atoms with Gasteiger partial charge in [-0.05, 0) is 50.7 Å². The third kappa shape index (κ3) is 5.34. The first kappa shape index (κ1) is 20.8. The van der Waals surface area contributed by atoms with Gasteiger partial charge in [0.15, 0.2) is 0 Å². The fourth-order valence-electron chi connectivity index (χ4n) is 4.31. The van der Waals surface area contributed by atoms with Crippen LogP contribution in [0.25, 0.3) is 0 Å². The summed E-state index contributed by atoms with van der Waals surface area (Å²) in [6, 6.07) is 7.73. The van der Waals surface area contributed by atoms with E-state index in [2.05, 4.69) is 5.32 Å². The molecule has 2 aliphatic rings. The molecule has 1 N–H and O–H groups in total. The number of benzene rings is 1. The molecule has 28 heavy (non-hydrogen) atoms. The fraction of sp³-hybridized carbons (Fsp3) is 0.652. The normalized spacial score (nSPS) is 20.5. The van der Waals surface area contributed by atoms with E-state index in [4.69, 9.17) is 4.74 Å². The van der Waals surface area contributed by atoms with Crippen LogP contribution in [0.5, 0.6) is 0 Å². The zero-order chi connectivity index (χ0) is 19.9. The molecule has 2 fully saturated rings. The highest BCUT2D eigenvalue weighted by molar-refractivity contribution is 5.89. The van der Waals surface area contributed by atoms with Gasteiger partial charge in [-0.25, -0.2) is 0 Å². The molecule has 154 valence electrons. The molecule has 1 atom stereocenters. The van der Waals surface area contributed by atoms with Crippen molar-refractivity contribution in [3.63, 3.8) is 0 Å². The van der Waals surface area contributed by atoms with Crippen molar-refractivity contribution in [2.24, 2.45) is 5.92 Å². The summed E-state index contributed by atoms with van der Waals surface area (Å²) in [6.07, 6.45) is 7.30. The van der Waals surface area contributed by atoms with Gasteiger partial charge in [0.05, 0.1) is 12.7 Å². The smallest absolute Gasteiger partial charge is 0.243 e. The van der Waals surface area contributed by atoms with Gasteiger partial charge in [0.25, 0.3) is 0 Å². The fourth-order valence-corrected chi connectivity index (χ4v) is 4.31. The average Bonchev–Trinajstić information content (AvgIpc) is 3.21. The molecule has 0 spiro atoms. The SMILES string of the molecule is CC(C)OCc1ccccc1CNC(=O)C1CCCN1C(=O)C1CCCCC1. The van der Waals surface area contributed by atoms with Crippen LogP contribution in [0.3, 0.4) is 0 Å². The average molecular weight is 387 g/mol. The maximum atomic E-state index is 12.9. The van der Waals surface area contributed by atoms with E-state index in [0.29, 0.717) is 19.7 Å². The lowest BCUT2D eigenvalue weighted by Gasteiger charge is -2.30. The number of hydrogen-bond acceptors (Lipinski definition) is 3. The van der Waals surface area contributed by atoms with Crippen LogP contribution >= 0.6 is 0 Å². The summed E-state index contributed by atoms with van der Waals surface area (Å²) >= 11 is 0. The van der Waals surface area contributed by atoms with E-state index in [1.165, 1.54) is 6.42 Å². The van der Waals surface area contributed by atoms with Gasteiger partial charge in [-0.1, -0.05) is 43.5 Å². The molecule has 1 heterocycles. The largest absolute Gasteiger partial charge is 0.374 e. The van der Waals surface area contributed by atoms with E-state index in [1.807, 2.05) is 43.0 Å². The van der Waals surface area contributed by atoms with Gasteiger partial charge in [0.1, 0.15) is 6.04 Å². The van der Waals surface area contributed by atoms with Crippen LogP contribution < -0.4 is 5.32 Å². The molecular formula is C23H34N2O3. The minimum absolute atomic E-state index is 0.0266. The molecule has 1 unspecified atom stereocenters. The zero-order valence-corrected chi connectivity index (χ0v) is 17.3. The van der Waals surface area contributed by atoms with E-state index in [0.717, 1.165) is 49.7 Å². The van der Waals surface area contributed by atoms with Crippen molar-refractivity contribution in [2.45, 2.75) is 84.1 Å². The summed E-state index contributed by atoms with van der Waals surface area (Å²) in [7, 11) is 0. The number of nitrogens with zero attached hydrogens (tertiary/aromatic N) is 1. The molecular weight excluding hydrogens is 352 g/mol. The molecule has 1 aliphatic carbocycles. The summed E-state index contributed by atoms with van der Waals surface area (Å²) in [6.45, 7) is 5.76. The van der Waals surface area contributed by atoms with E-state index in [9.17, 15) is 9.59 Å². The first-order valence-electron chi connectivity index (χ1n) is 10.8. The second kappa shape index (κ2) is 10.1. The quantitative estimate of drug-likeness (QED) is 0.775. The molecule has 1 aromatic carbocycles. The Balaban J connectivity index is 1.57. The predicted molar refractivity (Wildman–Crippen MR) is 110 cm³/mol. The predicted octanol–water partition coefficient (Wildman–Crippen LogP) is 3.80. The van der Waals surface area contributed by atoms with Gasteiger partial charge in [0.2, 0.25) is 11.8 Å². The van der Waals surface area contributed by atoms with Crippen LogP contribution in [0, 0.1) is 5.92 Å². The highest BCUT2D eigenvalue weighted by Gasteiger charge is 2.37. The minimum atomic E-state index is -0.312. The summed E-state index contributed by atoms with van der Waals surface area (Å²) < 4.78 is 5.73. The molecule has 5 heteroatoms. The molecule has 1 aliphatic heterocycles. The van der Waals surface area contributed by atoms with Crippen LogP contribution in [0.4, 0.5) is 0 Å². The standard InChI is InChI=1S/C23H34N2O3/c1-17(2)28-16-20-12-7-6-11-19(20)15-24-22(26)21-13-8-14-25(21)23(27)18-9-4-3-5-10-18/h6-7,11-12,17-18,21H,3-5,8-10,13-16H2,1-2H3,(H,24,26). The molecule has 0 radical (unpaired) electrons. The molecule has 5 nitrogen and oxygen atoms in total. The lowest BCUT2D eigenvalue weighted by atomic mass is 9.88. The summed E-state index contributed by atoms with van der Waals surface area (Å²) in [5.74, 6) is 0.292. The zero-order valence-electron chi connectivity index (χ0n) is 17.3. The molecule has 0 aromatic heterocycles. The van der Waals surface area contributed by atoms with E-state index in [-0.39, 0.29) is 29.9 Å². The van der Waals surface area contributed by atoms with Crippen molar-refractivity contribution in [1.29, 1.82) is 0 Å². The first-order valence-corrected chi connectivity index (χ1v) is 10.8. The van der Waals surface area contributed by atoms with Crippen LogP contribution in [0.2, 0.25) is 0 Å². The van der Waals surface area contributed by atoms with Crippen LogP contribution in [0.15, 0.2) is 24.3 Å². The Morgan fingerprint density at radius 3 is 2.50 bits per heavy atom. The monoisotopic (exact) mass is 386 g/mol. The number of likely N-dealkylation sites (tertiary alicyclic amines) is 1. The summed E-state index contributed by atoms with van der Waals surface area (Å²) in [5, 5.41) is 3.07. The summed E-state index contributed by atoms with van der Waals surface area (Å²) in [5.41, 5.74) is 2.16. The van der Waals surface area contributed by atoms with Crippen molar-refractivity contribution >= 4 is 11.8 Å². The number of carbonyl (C=O) groups excluding carboxylic acids is 2. The number of nitrogens with one attached hydrogen (secondary N) is 1. The lowest BCUT2D eigenvalue weighted by Crippen LogP contribution is -2.48. The number of carbonyl (C=O) groups is 2. The Labute approximate surface area is 168 Å². The third-order valence-corrected chi connectivity index (χ3v) is 5.94. The van der Waals surface area contributed by atoms with Crippen molar-refractivity contribution < 1.29 is 14.3 Å². The van der Waals surface area contributed by atoms with Crippen LogP contribution in [-0.2, 0) is 27.5 Å². The van der Waals surface area contributed by atoms with Crippen molar-refractivity contribution in [1.82, 2.24) is 10.2 Å². The van der Waals surface area contributed by atoms with E-state index < -0.39 is 0 Å². The Bertz CT molecular complexity index is 668. The van der Waals surface area contributed by atoms with Crippen molar-refractivity contribution in [3.8, 4) is 0 Å². The maximum absolute atomic E-state index is 12.9. The van der Waals surface area contributed by atoms with Gasteiger partial charge in [-0.2, -0.15) is 0 Å². The van der Waals surface area contributed by atoms with Crippen molar-refractivity contribution in [2.75, 3.05) is 6.54 Å². The van der Waals surface area contributed by atoms with Crippen molar-refractivity contribution in [3.05, 3.63) is 35.4 Å². The van der Waals surface area contributed by atoms with Gasteiger partial charge in [-0.3, -0.25) is 9.59 Å². The topological polar surface area (TPSA) is 58.6 Å². The highest BCUT2D eigenvalue weighted by Crippen LogP contribution is 2.29. The molecule has 2 amide bonds. The third-order valence-electron chi connectivity index (χ3n) is 5.94. The number of hydrogen-bond donors (Lipinski definition) is 1. The Hall–Kier alpha value is -1.88. The van der Waals surface area contributed by atoms with Crippen LogP contribution in [-0.4, -0.2) is 35.4 Å². The molecule has 0 bridgehead atoms. The maximum Gasteiger partial charge on any atom is 0.243 e. The number of amides is 2. The number of ether oxygens (including phenoxy) is 1. The van der Waals surface area contributed by atoms with Gasteiger partial charge < -0.3 is 15.0 Å². The highest BCUT2D eigenvalue weighted by atomic mass is 16.5. The molecule has 1 aromatic rings. The minimum Gasteiger partial charge on any atom is -0.374 e.